The van der Waals surface area contributed by atoms with Gasteiger partial charge in [0.15, 0.2) is 10.8 Å². The van der Waals surface area contributed by atoms with Crippen LogP contribution in [0.1, 0.15) is 5.69 Å². The molecule has 0 radical (unpaired) electrons. The topological polar surface area (TPSA) is 158 Å². The van der Waals surface area contributed by atoms with Crippen molar-refractivity contribution in [2.45, 2.75) is 11.4 Å². The molecule has 10 nitrogen and oxygen atoms in total. The van der Waals surface area contributed by atoms with Crippen molar-refractivity contribution in [3.63, 3.8) is 0 Å². The number of thiazole rings is 1. The summed E-state index contributed by atoms with van der Waals surface area (Å²) in [5.74, 6) is -2.09. The van der Waals surface area contributed by atoms with Gasteiger partial charge in [0.1, 0.15) is 22.8 Å². The number of carbonyl (C=O) groups is 3. The molecule has 0 aromatic carbocycles. The molecular formula is C13H13N5O5S3. The maximum Gasteiger partial charge on any atom is 0.353 e. The van der Waals surface area contributed by atoms with E-state index < -0.39 is 29.2 Å². The van der Waals surface area contributed by atoms with Gasteiger partial charge < -0.3 is 21.4 Å². The van der Waals surface area contributed by atoms with Crippen molar-refractivity contribution in [2.75, 3.05) is 17.7 Å². The number of anilines is 1. The fourth-order valence-electron chi connectivity index (χ4n) is 2.57. The van der Waals surface area contributed by atoms with E-state index in [0.717, 1.165) is 11.3 Å². The lowest BCUT2D eigenvalue weighted by molar-refractivity contribution is -0.150. The lowest BCUT2D eigenvalue weighted by atomic mass is 10.0. The Hall–Kier alpha value is -2.25. The third kappa shape index (κ3) is 3.01. The van der Waals surface area contributed by atoms with E-state index in [4.69, 9.17) is 10.9 Å². The SMILES string of the molecule is CSC1=C(C(=O)O)N2C(=O)[C@@H](NC(=O)/C(=N/O)c3csc(N)n3)[C@H]2SC1. The van der Waals surface area contributed by atoms with E-state index in [0.29, 0.717) is 10.7 Å². The van der Waals surface area contributed by atoms with Gasteiger partial charge >= 0.3 is 5.97 Å². The molecule has 0 aliphatic carbocycles. The Labute approximate surface area is 159 Å². The number of oxime groups is 1. The first kappa shape index (κ1) is 18.5. The molecule has 3 heterocycles. The second-order valence-electron chi connectivity index (χ2n) is 5.16. The molecule has 1 aromatic rings. The summed E-state index contributed by atoms with van der Waals surface area (Å²) in [7, 11) is 0. The molecule has 138 valence electrons. The van der Waals surface area contributed by atoms with Crippen LogP contribution >= 0.6 is 34.9 Å². The number of amides is 2. The van der Waals surface area contributed by atoms with Crippen molar-refractivity contribution in [1.29, 1.82) is 0 Å². The Morgan fingerprint density at radius 1 is 1.54 bits per heavy atom. The summed E-state index contributed by atoms with van der Waals surface area (Å²) in [6.07, 6.45) is 1.74. The maximum atomic E-state index is 12.4. The highest BCUT2D eigenvalue weighted by Gasteiger charge is 2.54. The molecule has 2 atom stereocenters. The number of thioether (sulfide) groups is 2. The molecular weight excluding hydrogens is 402 g/mol. The average Bonchev–Trinajstić information content (AvgIpc) is 3.04. The summed E-state index contributed by atoms with van der Waals surface area (Å²) >= 11 is 3.70. The van der Waals surface area contributed by atoms with Crippen LogP contribution in [0.5, 0.6) is 0 Å². The number of nitrogens with two attached hydrogens (primary N) is 1. The Balaban J connectivity index is 1.77. The fourth-order valence-corrected chi connectivity index (χ4v) is 5.36. The number of carboxylic acid groups (broad SMARTS) is 1. The quantitative estimate of drug-likeness (QED) is 0.224. The molecule has 5 N–H and O–H groups in total. The summed E-state index contributed by atoms with van der Waals surface area (Å²) in [5.41, 5.74) is 5.16. The summed E-state index contributed by atoms with van der Waals surface area (Å²) in [4.78, 5) is 41.9. The molecule has 2 amide bonds. The van der Waals surface area contributed by atoms with Crippen LogP contribution in [0.2, 0.25) is 0 Å². The number of fused-ring (bicyclic) bond motifs is 1. The Bertz CT molecular complexity index is 851. The fraction of sp³-hybridized carbons (Fsp3) is 0.308. The van der Waals surface area contributed by atoms with Crippen LogP contribution < -0.4 is 11.1 Å². The number of carboxylic acids is 1. The predicted molar refractivity (Wildman–Crippen MR) is 98.0 cm³/mol. The maximum absolute atomic E-state index is 12.4. The number of aromatic nitrogens is 1. The van der Waals surface area contributed by atoms with Gasteiger partial charge in [0.05, 0.1) is 0 Å². The number of β-lactam (4-membered cyclic amide) rings is 1. The first-order chi connectivity index (χ1) is 12.4. The van der Waals surface area contributed by atoms with Crippen LogP contribution in [0, 0.1) is 0 Å². The number of nitrogens with one attached hydrogen (secondary N) is 1. The van der Waals surface area contributed by atoms with Crippen LogP contribution in [-0.4, -0.2) is 67.1 Å². The number of aliphatic carboxylic acids is 1. The monoisotopic (exact) mass is 415 g/mol. The van der Waals surface area contributed by atoms with Gasteiger partial charge in [-0.25, -0.2) is 9.78 Å². The Morgan fingerprint density at radius 3 is 2.81 bits per heavy atom. The lowest BCUT2D eigenvalue weighted by Crippen LogP contribution is -2.71. The third-order valence-corrected chi connectivity index (χ3v) is 6.72. The van der Waals surface area contributed by atoms with Crippen molar-refractivity contribution in [2.24, 2.45) is 5.16 Å². The van der Waals surface area contributed by atoms with Crippen LogP contribution in [0.25, 0.3) is 0 Å². The zero-order chi connectivity index (χ0) is 19.0. The molecule has 2 aliphatic heterocycles. The zero-order valence-electron chi connectivity index (χ0n) is 13.2. The summed E-state index contributed by atoms with van der Waals surface area (Å²) in [6.45, 7) is 0. The molecule has 1 fully saturated rings. The number of nitrogens with zero attached hydrogens (tertiary/aromatic N) is 3. The molecule has 1 saturated heterocycles. The average molecular weight is 415 g/mol. The molecule has 2 aliphatic rings. The summed E-state index contributed by atoms with van der Waals surface area (Å²) in [6, 6.07) is -0.919. The van der Waals surface area contributed by atoms with Crippen LogP contribution in [-0.2, 0) is 14.4 Å². The van der Waals surface area contributed by atoms with Gasteiger partial charge in [0, 0.05) is 16.0 Å². The van der Waals surface area contributed by atoms with Gasteiger partial charge in [-0.3, -0.25) is 14.5 Å². The minimum atomic E-state index is -1.19. The van der Waals surface area contributed by atoms with E-state index in [1.54, 1.807) is 6.26 Å². The van der Waals surface area contributed by atoms with Crippen LogP contribution in [0.3, 0.4) is 0 Å². The van der Waals surface area contributed by atoms with Gasteiger partial charge in [-0.05, 0) is 6.26 Å². The van der Waals surface area contributed by atoms with Crippen molar-refractivity contribution in [1.82, 2.24) is 15.2 Å². The van der Waals surface area contributed by atoms with E-state index in [1.807, 2.05) is 0 Å². The highest BCUT2D eigenvalue weighted by atomic mass is 32.2. The first-order valence-corrected chi connectivity index (χ1v) is 10.2. The molecule has 1 aromatic heterocycles. The van der Waals surface area contributed by atoms with E-state index in [-0.39, 0.29) is 22.2 Å². The highest BCUT2D eigenvalue weighted by molar-refractivity contribution is 8.05. The van der Waals surface area contributed by atoms with E-state index in [1.165, 1.54) is 33.8 Å². The van der Waals surface area contributed by atoms with Gasteiger partial charge in [-0.1, -0.05) is 5.16 Å². The smallest absolute Gasteiger partial charge is 0.353 e. The van der Waals surface area contributed by atoms with Gasteiger partial charge in [-0.2, -0.15) is 0 Å². The second-order valence-corrected chi connectivity index (χ2v) is 8.06. The van der Waals surface area contributed by atoms with Crippen LogP contribution in [0.4, 0.5) is 5.13 Å². The van der Waals surface area contributed by atoms with Gasteiger partial charge in [0.2, 0.25) is 0 Å². The van der Waals surface area contributed by atoms with E-state index in [2.05, 4.69) is 15.5 Å². The zero-order valence-corrected chi connectivity index (χ0v) is 15.7. The summed E-state index contributed by atoms with van der Waals surface area (Å²) < 4.78 is 0. The number of nitrogen functional groups attached to an aromatic ring is 1. The van der Waals surface area contributed by atoms with Crippen molar-refractivity contribution < 1.29 is 24.7 Å². The third-order valence-electron chi connectivity index (χ3n) is 3.75. The first-order valence-electron chi connectivity index (χ1n) is 7.08. The second kappa shape index (κ2) is 7.17. The molecule has 0 saturated carbocycles. The molecule has 0 unspecified atom stereocenters. The number of rotatable bonds is 5. The van der Waals surface area contributed by atoms with Gasteiger partial charge in [0.25, 0.3) is 11.8 Å². The normalized spacial score (nSPS) is 22.7. The van der Waals surface area contributed by atoms with Crippen molar-refractivity contribution in [3.8, 4) is 0 Å². The molecule has 0 bridgehead atoms. The molecule has 0 spiro atoms. The number of hydrogen-bond acceptors (Lipinski definition) is 10. The van der Waals surface area contributed by atoms with E-state index in [9.17, 15) is 19.5 Å². The minimum Gasteiger partial charge on any atom is -0.477 e. The number of hydrogen-bond donors (Lipinski definition) is 4. The largest absolute Gasteiger partial charge is 0.477 e. The molecule has 13 heteroatoms. The highest BCUT2D eigenvalue weighted by Crippen LogP contribution is 2.42. The van der Waals surface area contributed by atoms with Crippen LogP contribution in [0.15, 0.2) is 21.1 Å². The van der Waals surface area contributed by atoms with Gasteiger partial charge in [-0.15, -0.1) is 34.9 Å². The van der Waals surface area contributed by atoms with Crippen molar-refractivity contribution in [3.05, 3.63) is 21.7 Å². The summed E-state index contributed by atoms with van der Waals surface area (Å²) in [5, 5.41) is 25.0. The molecule has 3 rings (SSSR count). The molecule has 26 heavy (non-hydrogen) atoms. The van der Waals surface area contributed by atoms with Crippen molar-refractivity contribution >= 4 is 63.5 Å². The van der Waals surface area contributed by atoms with E-state index >= 15 is 0 Å². The number of carbonyl (C=O) groups excluding carboxylic acids is 2. The lowest BCUT2D eigenvalue weighted by Gasteiger charge is -2.49. The predicted octanol–water partition coefficient (Wildman–Crippen LogP) is -0.0373. The Morgan fingerprint density at radius 2 is 2.27 bits per heavy atom. The standard InChI is InChI=1S/C13H13N5O5S3/c1-24-5-3-25-11-7(10(20)18(11)8(5)12(21)22)16-9(19)6(17-23)4-2-26-13(14)15-4/h2,7,11,23H,3H2,1H3,(H2,14,15)(H,16,19)(H,21,22)/b17-6+/t7-,11-/m1/s1. The Kier molecular flexibility index (Phi) is 5.11. The minimum absolute atomic E-state index is 0.0555.